The van der Waals surface area contributed by atoms with Crippen LogP contribution in [0.5, 0.6) is 11.5 Å². The summed E-state index contributed by atoms with van der Waals surface area (Å²) in [4.78, 5) is 4.32. The lowest BCUT2D eigenvalue weighted by molar-refractivity contribution is 0.446. The Labute approximate surface area is 211 Å². The van der Waals surface area contributed by atoms with Gasteiger partial charge in [-0.3, -0.25) is 4.98 Å². The maximum absolute atomic E-state index is 15.0. The lowest BCUT2D eigenvalue weighted by atomic mass is 10.0. The number of hydrogen-bond acceptors (Lipinski definition) is 5. The molecule has 0 bridgehead atoms. The first-order valence-electron chi connectivity index (χ1n) is 11.3. The average Bonchev–Trinajstić information content (AvgIpc) is 2.91. The largest absolute Gasteiger partial charge is 0.454 e. The second-order valence-electron chi connectivity index (χ2n) is 8.15. The molecular weight excluding hydrogens is 475 g/mol. The van der Waals surface area contributed by atoms with Crippen LogP contribution in [0.1, 0.15) is 0 Å². The van der Waals surface area contributed by atoms with E-state index in [1.165, 1.54) is 6.07 Å². The topological polar surface area (TPSA) is 59.9 Å². The summed E-state index contributed by atoms with van der Waals surface area (Å²) in [6.07, 6.45) is 1.64. The van der Waals surface area contributed by atoms with Crippen molar-refractivity contribution in [2.24, 2.45) is 0 Å². The molecule has 5 nitrogen and oxygen atoms in total. The van der Waals surface area contributed by atoms with Gasteiger partial charge in [0.1, 0.15) is 11.4 Å². The predicted octanol–water partition coefficient (Wildman–Crippen LogP) is 8.17. The van der Waals surface area contributed by atoms with Crippen molar-refractivity contribution < 1.29 is 9.13 Å². The Morgan fingerprint density at radius 2 is 1.47 bits per heavy atom. The van der Waals surface area contributed by atoms with Crippen LogP contribution >= 0.6 is 11.6 Å². The van der Waals surface area contributed by atoms with Crippen LogP contribution in [0.25, 0.3) is 32.9 Å². The highest BCUT2D eigenvalue weighted by Gasteiger charge is 2.13. The molecule has 0 saturated heterocycles. The Morgan fingerprint density at radius 3 is 2.28 bits per heavy atom. The van der Waals surface area contributed by atoms with Crippen molar-refractivity contribution in [2.75, 3.05) is 5.32 Å². The first-order chi connectivity index (χ1) is 17.7. The third-order valence-corrected chi connectivity index (χ3v) is 6.08. The highest BCUT2D eigenvalue weighted by Crippen LogP contribution is 2.34. The van der Waals surface area contributed by atoms with Gasteiger partial charge >= 0.3 is 0 Å². The molecule has 174 valence electrons. The van der Waals surface area contributed by atoms with Crippen molar-refractivity contribution in [1.29, 1.82) is 0 Å². The van der Waals surface area contributed by atoms with Gasteiger partial charge in [-0.1, -0.05) is 60.1 Å². The standard InChI is InChI=1S/C29H18ClFN4O/c30-19-11-9-18(10-12-19)28-21-5-1-2-6-22(21)29(35-34-28)33-20-13-14-27(24(31)17-20)36-26-15-16-32-25-8-4-3-7-23(25)26/h1-17H,(H,33,35). The summed E-state index contributed by atoms with van der Waals surface area (Å²) in [5, 5.41) is 15.3. The maximum atomic E-state index is 15.0. The molecule has 36 heavy (non-hydrogen) atoms. The van der Waals surface area contributed by atoms with E-state index in [9.17, 15) is 0 Å². The Bertz CT molecular complexity index is 1720. The zero-order valence-electron chi connectivity index (χ0n) is 18.8. The second kappa shape index (κ2) is 9.24. The van der Waals surface area contributed by atoms with Gasteiger partial charge in [-0.15, -0.1) is 10.2 Å². The smallest absolute Gasteiger partial charge is 0.167 e. The highest BCUT2D eigenvalue weighted by atomic mass is 35.5. The molecule has 6 rings (SSSR count). The van der Waals surface area contributed by atoms with Gasteiger partial charge in [0.2, 0.25) is 0 Å². The Morgan fingerprint density at radius 1 is 0.722 bits per heavy atom. The summed E-state index contributed by atoms with van der Waals surface area (Å²) in [7, 11) is 0. The van der Waals surface area contributed by atoms with Gasteiger partial charge < -0.3 is 10.1 Å². The lowest BCUT2D eigenvalue weighted by Crippen LogP contribution is -2.00. The summed E-state index contributed by atoms with van der Waals surface area (Å²) in [5.74, 6) is 0.674. The summed E-state index contributed by atoms with van der Waals surface area (Å²) in [6, 6.07) is 29.3. The third-order valence-electron chi connectivity index (χ3n) is 5.83. The van der Waals surface area contributed by atoms with E-state index >= 15 is 4.39 Å². The van der Waals surface area contributed by atoms with Crippen LogP contribution in [0.3, 0.4) is 0 Å². The molecule has 0 amide bonds. The van der Waals surface area contributed by atoms with E-state index in [1.807, 2.05) is 72.8 Å². The monoisotopic (exact) mass is 492 g/mol. The molecule has 7 heteroatoms. The minimum atomic E-state index is -0.504. The third kappa shape index (κ3) is 4.19. The van der Waals surface area contributed by atoms with Gasteiger partial charge in [0.15, 0.2) is 17.4 Å². The quantitative estimate of drug-likeness (QED) is 0.263. The summed E-state index contributed by atoms with van der Waals surface area (Å²) >= 11 is 6.04. The molecule has 0 saturated carbocycles. The van der Waals surface area contributed by atoms with Crippen LogP contribution in [0.15, 0.2) is 103 Å². The van der Waals surface area contributed by atoms with Gasteiger partial charge in [-0.25, -0.2) is 4.39 Å². The Hall–Kier alpha value is -4.55. The molecule has 0 aliphatic rings. The molecule has 0 fully saturated rings. The molecule has 0 radical (unpaired) electrons. The number of para-hydroxylation sites is 1. The molecule has 4 aromatic carbocycles. The van der Waals surface area contributed by atoms with Crippen molar-refractivity contribution in [3.8, 4) is 22.8 Å². The molecule has 0 aliphatic heterocycles. The first-order valence-corrected chi connectivity index (χ1v) is 11.6. The number of hydrogen-bond donors (Lipinski definition) is 1. The van der Waals surface area contributed by atoms with Gasteiger partial charge in [0.05, 0.1) is 5.52 Å². The predicted molar refractivity (Wildman–Crippen MR) is 141 cm³/mol. The van der Waals surface area contributed by atoms with Crippen LogP contribution in [0, 0.1) is 5.82 Å². The fourth-order valence-corrected chi connectivity index (χ4v) is 4.22. The van der Waals surface area contributed by atoms with Crippen molar-refractivity contribution >= 4 is 44.8 Å². The number of benzene rings is 4. The minimum absolute atomic E-state index is 0.117. The van der Waals surface area contributed by atoms with E-state index in [0.717, 1.165) is 32.9 Å². The molecule has 2 aromatic heterocycles. The van der Waals surface area contributed by atoms with Crippen LogP contribution in [-0.4, -0.2) is 15.2 Å². The molecule has 0 unspecified atom stereocenters. The molecule has 0 spiro atoms. The Balaban J connectivity index is 1.31. The van der Waals surface area contributed by atoms with E-state index < -0.39 is 5.82 Å². The lowest BCUT2D eigenvalue weighted by Gasteiger charge is -2.13. The maximum Gasteiger partial charge on any atom is 0.167 e. The van der Waals surface area contributed by atoms with E-state index in [0.29, 0.717) is 22.3 Å². The number of ether oxygens (including phenoxy) is 1. The normalized spacial score (nSPS) is 11.1. The van der Waals surface area contributed by atoms with Crippen molar-refractivity contribution in [3.05, 3.63) is 114 Å². The van der Waals surface area contributed by atoms with Gasteiger partial charge in [-0.2, -0.15) is 0 Å². The second-order valence-corrected chi connectivity index (χ2v) is 8.58. The van der Waals surface area contributed by atoms with E-state index in [4.69, 9.17) is 16.3 Å². The van der Waals surface area contributed by atoms with Crippen molar-refractivity contribution in [2.45, 2.75) is 0 Å². The van der Waals surface area contributed by atoms with Crippen LogP contribution in [0.2, 0.25) is 5.02 Å². The molecular formula is C29H18ClFN4O. The number of pyridine rings is 1. The number of halogens is 2. The molecule has 2 heterocycles. The zero-order valence-corrected chi connectivity index (χ0v) is 19.6. The van der Waals surface area contributed by atoms with E-state index in [-0.39, 0.29) is 5.75 Å². The van der Waals surface area contributed by atoms with Crippen molar-refractivity contribution in [3.63, 3.8) is 0 Å². The van der Waals surface area contributed by atoms with Gasteiger partial charge in [0, 0.05) is 44.7 Å². The molecule has 1 N–H and O–H groups in total. The number of aromatic nitrogens is 3. The average molecular weight is 493 g/mol. The summed E-state index contributed by atoms with van der Waals surface area (Å²) in [5.41, 5.74) is 2.96. The van der Waals surface area contributed by atoms with Crippen LogP contribution in [-0.2, 0) is 0 Å². The van der Waals surface area contributed by atoms with Crippen LogP contribution < -0.4 is 10.1 Å². The number of nitrogens with one attached hydrogen (secondary N) is 1. The number of nitrogens with zero attached hydrogens (tertiary/aromatic N) is 3. The minimum Gasteiger partial charge on any atom is -0.454 e. The summed E-state index contributed by atoms with van der Waals surface area (Å²) in [6.45, 7) is 0. The number of anilines is 2. The highest BCUT2D eigenvalue weighted by molar-refractivity contribution is 6.30. The number of fused-ring (bicyclic) bond motifs is 2. The Kier molecular flexibility index (Phi) is 5.64. The molecule has 0 atom stereocenters. The summed E-state index contributed by atoms with van der Waals surface area (Å²) < 4.78 is 20.9. The zero-order chi connectivity index (χ0) is 24.5. The van der Waals surface area contributed by atoms with E-state index in [1.54, 1.807) is 24.4 Å². The molecule has 0 aliphatic carbocycles. The fraction of sp³-hybridized carbons (Fsp3) is 0. The fourth-order valence-electron chi connectivity index (χ4n) is 4.09. The number of rotatable bonds is 5. The van der Waals surface area contributed by atoms with Crippen LogP contribution in [0.4, 0.5) is 15.9 Å². The van der Waals surface area contributed by atoms with Gasteiger partial charge in [-0.05, 0) is 42.5 Å². The van der Waals surface area contributed by atoms with E-state index in [2.05, 4.69) is 20.5 Å². The van der Waals surface area contributed by atoms with Gasteiger partial charge in [0.25, 0.3) is 0 Å². The van der Waals surface area contributed by atoms with Crippen molar-refractivity contribution in [1.82, 2.24) is 15.2 Å². The SMILES string of the molecule is Fc1cc(Nc2nnc(-c3ccc(Cl)cc3)c3ccccc23)ccc1Oc1ccnc2ccccc12. The molecule has 6 aromatic rings. The first kappa shape index (κ1) is 21.9.